The van der Waals surface area contributed by atoms with Crippen LogP contribution < -0.4 is 11.1 Å². The van der Waals surface area contributed by atoms with Crippen molar-refractivity contribution in [2.24, 2.45) is 5.73 Å². The third kappa shape index (κ3) is 2.51. The van der Waals surface area contributed by atoms with Gasteiger partial charge in [0.2, 0.25) is 0 Å². The Kier molecular flexibility index (Phi) is 4.34. The number of rotatable bonds is 1. The van der Waals surface area contributed by atoms with E-state index in [0.29, 0.717) is 13.2 Å². The average molecular weight is 166 g/mol. The van der Waals surface area contributed by atoms with Gasteiger partial charge in [-0.3, -0.25) is 5.41 Å². The number of morpholine rings is 1. The van der Waals surface area contributed by atoms with Crippen LogP contribution in [-0.2, 0) is 4.74 Å². The molecule has 10 heavy (non-hydrogen) atoms. The van der Waals surface area contributed by atoms with Crippen molar-refractivity contribution in [2.75, 3.05) is 19.7 Å². The number of halogens is 1. The summed E-state index contributed by atoms with van der Waals surface area (Å²) in [6, 6.07) is 0. The van der Waals surface area contributed by atoms with Crippen LogP contribution in [0.2, 0.25) is 0 Å². The van der Waals surface area contributed by atoms with Crippen LogP contribution in [0.15, 0.2) is 0 Å². The number of nitrogens with one attached hydrogen (secondary N) is 2. The molecule has 5 heteroatoms. The molecule has 0 aromatic carbocycles. The standard InChI is InChI=1S/C5H11N3O.ClH/c6-5(7)4-3-8-1-2-9-4;/h4,8H,1-3H2,(H3,6,7);1H. The Labute approximate surface area is 66.0 Å². The summed E-state index contributed by atoms with van der Waals surface area (Å²) in [6.45, 7) is 2.20. The van der Waals surface area contributed by atoms with Gasteiger partial charge in [-0.25, -0.2) is 0 Å². The van der Waals surface area contributed by atoms with Gasteiger partial charge in [0.25, 0.3) is 0 Å². The van der Waals surface area contributed by atoms with E-state index in [9.17, 15) is 0 Å². The molecule has 1 saturated heterocycles. The Morgan fingerprint density at radius 3 is 2.70 bits per heavy atom. The van der Waals surface area contributed by atoms with Gasteiger partial charge < -0.3 is 15.8 Å². The minimum Gasteiger partial charge on any atom is -0.385 e. The second kappa shape index (κ2) is 4.49. The molecule has 0 bridgehead atoms. The van der Waals surface area contributed by atoms with Gasteiger partial charge in [0, 0.05) is 13.1 Å². The lowest BCUT2D eigenvalue weighted by Gasteiger charge is -2.21. The molecule has 1 aliphatic rings. The first-order valence-electron chi connectivity index (χ1n) is 2.97. The predicted molar refractivity (Wildman–Crippen MR) is 41.8 cm³/mol. The van der Waals surface area contributed by atoms with Gasteiger partial charge in [-0.1, -0.05) is 0 Å². The quantitative estimate of drug-likeness (QED) is 0.357. The first kappa shape index (κ1) is 9.68. The van der Waals surface area contributed by atoms with E-state index in [2.05, 4.69) is 5.32 Å². The van der Waals surface area contributed by atoms with Crippen LogP contribution in [-0.4, -0.2) is 31.6 Å². The molecule has 1 aliphatic heterocycles. The highest BCUT2D eigenvalue weighted by Crippen LogP contribution is 1.93. The van der Waals surface area contributed by atoms with Crippen molar-refractivity contribution in [3.63, 3.8) is 0 Å². The first-order valence-corrected chi connectivity index (χ1v) is 2.97. The van der Waals surface area contributed by atoms with Crippen LogP contribution in [0, 0.1) is 5.41 Å². The highest BCUT2D eigenvalue weighted by atomic mass is 35.5. The van der Waals surface area contributed by atoms with E-state index in [1.54, 1.807) is 0 Å². The minimum atomic E-state index is -0.196. The number of amidine groups is 1. The maximum atomic E-state index is 7.00. The molecule has 0 amide bonds. The summed E-state index contributed by atoms with van der Waals surface area (Å²) in [5.41, 5.74) is 5.19. The van der Waals surface area contributed by atoms with Gasteiger partial charge in [-0.15, -0.1) is 12.4 Å². The summed E-state index contributed by atoms with van der Waals surface area (Å²) in [5.74, 6) is 0.113. The Hall–Kier alpha value is -0.320. The fourth-order valence-electron chi connectivity index (χ4n) is 0.765. The van der Waals surface area contributed by atoms with Gasteiger partial charge in [-0.05, 0) is 0 Å². The van der Waals surface area contributed by atoms with Crippen molar-refractivity contribution in [2.45, 2.75) is 6.10 Å². The van der Waals surface area contributed by atoms with Crippen LogP contribution in [0.25, 0.3) is 0 Å². The molecule has 1 unspecified atom stereocenters. The molecule has 4 nitrogen and oxygen atoms in total. The molecule has 4 N–H and O–H groups in total. The molecule has 1 rings (SSSR count). The maximum Gasteiger partial charge on any atom is 0.126 e. The van der Waals surface area contributed by atoms with Gasteiger partial charge in [-0.2, -0.15) is 0 Å². The Morgan fingerprint density at radius 2 is 2.40 bits per heavy atom. The van der Waals surface area contributed by atoms with Crippen molar-refractivity contribution in [1.29, 1.82) is 5.41 Å². The van der Waals surface area contributed by atoms with E-state index in [1.165, 1.54) is 0 Å². The van der Waals surface area contributed by atoms with E-state index < -0.39 is 0 Å². The third-order valence-corrected chi connectivity index (χ3v) is 1.27. The van der Waals surface area contributed by atoms with Gasteiger partial charge >= 0.3 is 0 Å². The molecule has 0 aromatic rings. The van der Waals surface area contributed by atoms with E-state index >= 15 is 0 Å². The summed E-state index contributed by atoms with van der Waals surface area (Å²) in [6.07, 6.45) is -0.196. The largest absolute Gasteiger partial charge is 0.385 e. The zero-order chi connectivity index (χ0) is 6.69. The highest BCUT2D eigenvalue weighted by Gasteiger charge is 2.14. The summed E-state index contributed by atoms with van der Waals surface area (Å²) < 4.78 is 5.13. The number of ether oxygens (including phenoxy) is 1. The van der Waals surface area contributed by atoms with Crippen LogP contribution >= 0.6 is 12.4 Å². The third-order valence-electron chi connectivity index (χ3n) is 1.27. The normalized spacial score (nSPS) is 25.0. The van der Waals surface area contributed by atoms with Crippen molar-refractivity contribution < 1.29 is 4.74 Å². The van der Waals surface area contributed by atoms with Crippen LogP contribution in [0.3, 0.4) is 0 Å². The molecule has 60 valence electrons. The fraction of sp³-hybridized carbons (Fsp3) is 0.800. The SMILES string of the molecule is Cl.N=C(N)C1CNCCO1. The van der Waals surface area contributed by atoms with Gasteiger partial charge in [0.05, 0.1) is 6.61 Å². The van der Waals surface area contributed by atoms with E-state index in [0.717, 1.165) is 6.54 Å². The molecule has 1 fully saturated rings. The van der Waals surface area contributed by atoms with Crippen molar-refractivity contribution >= 4 is 18.2 Å². The van der Waals surface area contributed by atoms with Crippen LogP contribution in [0.4, 0.5) is 0 Å². The lowest BCUT2D eigenvalue weighted by atomic mass is 10.3. The second-order valence-electron chi connectivity index (χ2n) is 2.02. The Balaban J connectivity index is 0.000000810. The molecule has 1 atom stereocenters. The van der Waals surface area contributed by atoms with E-state index in [-0.39, 0.29) is 24.3 Å². The van der Waals surface area contributed by atoms with E-state index in [1.807, 2.05) is 0 Å². The zero-order valence-electron chi connectivity index (χ0n) is 5.59. The number of hydrogen-bond donors (Lipinski definition) is 3. The molecular formula is C5H12ClN3O. The molecule has 0 aromatic heterocycles. The minimum absolute atomic E-state index is 0. The predicted octanol–water partition coefficient (Wildman–Crippen LogP) is -0.667. The lowest BCUT2D eigenvalue weighted by molar-refractivity contribution is 0.0699. The Bertz CT molecular complexity index is 113. The lowest BCUT2D eigenvalue weighted by Crippen LogP contribution is -2.45. The van der Waals surface area contributed by atoms with Gasteiger partial charge in [0.15, 0.2) is 0 Å². The summed E-state index contributed by atoms with van der Waals surface area (Å²) in [4.78, 5) is 0. The number of hydrogen-bond acceptors (Lipinski definition) is 3. The number of nitrogens with two attached hydrogens (primary N) is 1. The van der Waals surface area contributed by atoms with Crippen LogP contribution in [0.5, 0.6) is 0 Å². The molecular weight excluding hydrogens is 154 g/mol. The highest BCUT2D eigenvalue weighted by molar-refractivity contribution is 5.85. The smallest absolute Gasteiger partial charge is 0.126 e. The summed E-state index contributed by atoms with van der Waals surface area (Å²) >= 11 is 0. The molecule has 1 heterocycles. The summed E-state index contributed by atoms with van der Waals surface area (Å²) in [7, 11) is 0. The van der Waals surface area contributed by atoms with Crippen LogP contribution in [0.1, 0.15) is 0 Å². The molecule has 0 spiro atoms. The molecule has 0 radical (unpaired) electrons. The van der Waals surface area contributed by atoms with Crippen molar-refractivity contribution in [3.05, 3.63) is 0 Å². The topological polar surface area (TPSA) is 71.1 Å². The van der Waals surface area contributed by atoms with E-state index in [4.69, 9.17) is 15.9 Å². The molecule has 0 aliphatic carbocycles. The Morgan fingerprint density at radius 1 is 1.70 bits per heavy atom. The van der Waals surface area contributed by atoms with Crippen molar-refractivity contribution in [1.82, 2.24) is 5.32 Å². The monoisotopic (exact) mass is 165 g/mol. The maximum absolute atomic E-state index is 7.00. The van der Waals surface area contributed by atoms with Crippen molar-refractivity contribution in [3.8, 4) is 0 Å². The first-order chi connectivity index (χ1) is 4.30. The molecule has 0 saturated carbocycles. The zero-order valence-corrected chi connectivity index (χ0v) is 6.41. The fourth-order valence-corrected chi connectivity index (χ4v) is 0.765. The average Bonchev–Trinajstić information content (AvgIpc) is 1.90. The van der Waals surface area contributed by atoms with Gasteiger partial charge in [0.1, 0.15) is 11.9 Å². The second-order valence-corrected chi connectivity index (χ2v) is 2.02. The summed E-state index contributed by atoms with van der Waals surface area (Å²) in [5, 5.41) is 10.1.